The number of hydrogen-bond donors (Lipinski definition) is 0. The summed E-state index contributed by atoms with van der Waals surface area (Å²) in [6, 6.07) is 11.2. The zero-order chi connectivity index (χ0) is 14.0. The van der Waals surface area contributed by atoms with Gasteiger partial charge >= 0.3 is 0 Å². The van der Waals surface area contributed by atoms with Crippen LogP contribution in [0.3, 0.4) is 0 Å². The van der Waals surface area contributed by atoms with E-state index in [1.54, 1.807) is 25.3 Å². The Hall–Kier alpha value is -1.61. The number of ketones is 1. The molecule has 3 heteroatoms. The molecule has 0 spiro atoms. The number of halogens is 1. The fourth-order valence-electron chi connectivity index (χ4n) is 2.08. The summed E-state index contributed by atoms with van der Waals surface area (Å²) >= 11 is 3.40. The van der Waals surface area contributed by atoms with Crippen LogP contribution in [0, 0.1) is 13.8 Å². The SMILES string of the molecule is COc1ccc(C(=O)c2cc(C)cc(C)c2)cc1Br. The van der Waals surface area contributed by atoms with Crippen LogP contribution in [0.5, 0.6) is 5.75 Å². The van der Waals surface area contributed by atoms with Crippen LogP contribution in [0.1, 0.15) is 27.0 Å². The fourth-order valence-corrected chi connectivity index (χ4v) is 2.62. The standard InChI is InChI=1S/C16H15BrO2/c1-10-6-11(2)8-13(7-10)16(18)12-4-5-15(19-3)14(17)9-12/h4-9H,1-3H3. The van der Waals surface area contributed by atoms with E-state index in [-0.39, 0.29) is 5.78 Å². The van der Waals surface area contributed by atoms with Gasteiger partial charge in [0.25, 0.3) is 0 Å². The van der Waals surface area contributed by atoms with Crippen molar-refractivity contribution < 1.29 is 9.53 Å². The van der Waals surface area contributed by atoms with Gasteiger partial charge in [-0.05, 0) is 60.1 Å². The zero-order valence-electron chi connectivity index (χ0n) is 11.2. The van der Waals surface area contributed by atoms with Crippen LogP contribution in [0.15, 0.2) is 40.9 Å². The van der Waals surface area contributed by atoms with Crippen molar-refractivity contribution in [3.63, 3.8) is 0 Å². The Bertz CT molecular complexity index is 612. The number of hydrogen-bond acceptors (Lipinski definition) is 2. The Kier molecular flexibility index (Phi) is 4.05. The van der Waals surface area contributed by atoms with Crippen LogP contribution in [0.4, 0.5) is 0 Å². The number of aryl methyl sites for hydroxylation is 2. The number of methoxy groups -OCH3 is 1. The van der Waals surface area contributed by atoms with E-state index in [0.29, 0.717) is 5.56 Å². The first-order valence-electron chi connectivity index (χ1n) is 5.98. The highest BCUT2D eigenvalue weighted by atomic mass is 79.9. The number of benzene rings is 2. The van der Waals surface area contributed by atoms with Gasteiger partial charge in [0.15, 0.2) is 5.78 Å². The van der Waals surface area contributed by atoms with Crippen molar-refractivity contribution >= 4 is 21.7 Å². The molecule has 0 amide bonds. The monoisotopic (exact) mass is 318 g/mol. The van der Waals surface area contributed by atoms with Gasteiger partial charge in [-0.2, -0.15) is 0 Å². The molecular formula is C16H15BrO2. The topological polar surface area (TPSA) is 26.3 Å². The molecular weight excluding hydrogens is 304 g/mol. The highest BCUT2D eigenvalue weighted by Gasteiger charge is 2.12. The minimum absolute atomic E-state index is 0.0233. The third-order valence-corrected chi connectivity index (χ3v) is 3.52. The molecule has 0 unspecified atom stereocenters. The molecule has 0 saturated heterocycles. The number of ether oxygens (including phenoxy) is 1. The second-order valence-electron chi connectivity index (χ2n) is 4.55. The second kappa shape index (κ2) is 5.57. The summed E-state index contributed by atoms with van der Waals surface area (Å²) in [5.74, 6) is 0.743. The van der Waals surface area contributed by atoms with Crippen molar-refractivity contribution in [2.45, 2.75) is 13.8 Å². The van der Waals surface area contributed by atoms with Gasteiger partial charge in [-0.1, -0.05) is 17.2 Å². The molecule has 98 valence electrons. The largest absolute Gasteiger partial charge is 0.496 e. The maximum atomic E-state index is 12.4. The second-order valence-corrected chi connectivity index (χ2v) is 5.41. The molecule has 2 aromatic carbocycles. The van der Waals surface area contributed by atoms with E-state index >= 15 is 0 Å². The molecule has 0 fully saturated rings. The smallest absolute Gasteiger partial charge is 0.193 e. The van der Waals surface area contributed by atoms with Gasteiger partial charge in [-0.3, -0.25) is 4.79 Å². The van der Waals surface area contributed by atoms with Gasteiger partial charge in [0.05, 0.1) is 11.6 Å². The normalized spacial score (nSPS) is 10.3. The summed E-state index contributed by atoms with van der Waals surface area (Å²) in [6.07, 6.45) is 0. The summed E-state index contributed by atoms with van der Waals surface area (Å²) < 4.78 is 5.95. The lowest BCUT2D eigenvalue weighted by Crippen LogP contribution is -2.02. The van der Waals surface area contributed by atoms with Crippen LogP contribution in [0.25, 0.3) is 0 Å². The van der Waals surface area contributed by atoms with Crippen LogP contribution in [-0.4, -0.2) is 12.9 Å². The number of carbonyl (C=O) groups excluding carboxylic acids is 1. The molecule has 0 aliphatic carbocycles. The van der Waals surface area contributed by atoms with Gasteiger partial charge < -0.3 is 4.74 Å². The molecule has 2 rings (SSSR count). The lowest BCUT2D eigenvalue weighted by molar-refractivity contribution is 0.103. The molecule has 2 nitrogen and oxygen atoms in total. The molecule has 0 aliphatic rings. The predicted octanol–water partition coefficient (Wildman–Crippen LogP) is 4.31. The predicted molar refractivity (Wildman–Crippen MR) is 80.0 cm³/mol. The summed E-state index contributed by atoms with van der Waals surface area (Å²) in [5.41, 5.74) is 3.55. The minimum Gasteiger partial charge on any atom is -0.496 e. The lowest BCUT2D eigenvalue weighted by Gasteiger charge is -2.07. The van der Waals surface area contributed by atoms with Crippen molar-refractivity contribution in [2.24, 2.45) is 0 Å². The van der Waals surface area contributed by atoms with Gasteiger partial charge in [-0.25, -0.2) is 0 Å². The van der Waals surface area contributed by atoms with Crippen LogP contribution >= 0.6 is 15.9 Å². The average Bonchev–Trinajstić information content (AvgIpc) is 2.36. The van der Waals surface area contributed by atoms with E-state index in [4.69, 9.17) is 4.74 Å². The fraction of sp³-hybridized carbons (Fsp3) is 0.188. The van der Waals surface area contributed by atoms with E-state index in [1.165, 1.54) is 0 Å². The first-order valence-corrected chi connectivity index (χ1v) is 6.77. The van der Waals surface area contributed by atoms with Gasteiger partial charge in [0.1, 0.15) is 5.75 Å². The van der Waals surface area contributed by atoms with Crippen LogP contribution in [-0.2, 0) is 0 Å². The van der Waals surface area contributed by atoms with Crippen LogP contribution < -0.4 is 4.74 Å². The first-order chi connectivity index (χ1) is 9.01. The summed E-state index contributed by atoms with van der Waals surface area (Å²) in [5, 5.41) is 0. The summed E-state index contributed by atoms with van der Waals surface area (Å²) in [7, 11) is 1.60. The van der Waals surface area contributed by atoms with Crippen molar-refractivity contribution in [2.75, 3.05) is 7.11 Å². The third kappa shape index (κ3) is 3.04. The van der Waals surface area contributed by atoms with E-state index < -0.39 is 0 Å². The van der Waals surface area contributed by atoms with Crippen LogP contribution in [0.2, 0.25) is 0 Å². The number of carbonyl (C=O) groups is 1. The quantitative estimate of drug-likeness (QED) is 0.788. The molecule has 0 aromatic heterocycles. The van der Waals surface area contributed by atoms with Crippen molar-refractivity contribution in [3.05, 3.63) is 63.1 Å². The number of rotatable bonds is 3. The van der Waals surface area contributed by atoms with Gasteiger partial charge in [0.2, 0.25) is 0 Å². The third-order valence-electron chi connectivity index (χ3n) is 2.90. The lowest BCUT2D eigenvalue weighted by atomic mass is 9.99. The molecule has 0 heterocycles. The van der Waals surface area contributed by atoms with Crippen molar-refractivity contribution in [1.82, 2.24) is 0 Å². The Morgan fingerprint density at radius 1 is 1.00 bits per heavy atom. The van der Waals surface area contributed by atoms with Crippen molar-refractivity contribution in [3.8, 4) is 5.75 Å². The molecule has 0 N–H and O–H groups in total. The maximum Gasteiger partial charge on any atom is 0.193 e. The molecule has 0 aliphatic heterocycles. The summed E-state index contributed by atoms with van der Waals surface area (Å²) in [4.78, 5) is 12.4. The van der Waals surface area contributed by atoms with E-state index in [9.17, 15) is 4.79 Å². The molecule has 19 heavy (non-hydrogen) atoms. The Balaban J connectivity index is 2.41. The molecule has 0 saturated carbocycles. The van der Waals surface area contributed by atoms with E-state index in [1.807, 2.05) is 26.0 Å². The maximum absolute atomic E-state index is 12.4. The zero-order valence-corrected chi connectivity index (χ0v) is 12.7. The molecule has 0 atom stereocenters. The van der Waals surface area contributed by atoms with Crippen molar-refractivity contribution in [1.29, 1.82) is 0 Å². The Labute approximate surface area is 121 Å². The van der Waals surface area contributed by atoms with Gasteiger partial charge in [0, 0.05) is 11.1 Å². The minimum atomic E-state index is 0.0233. The highest BCUT2D eigenvalue weighted by molar-refractivity contribution is 9.10. The van der Waals surface area contributed by atoms with Gasteiger partial charge in [-0.15, -0.1) is 0 Å². The average molecular weight is 319 g/mol. The Morgan fingerprint density at radius 2 is 1.63 bits per heavy atom. The summed E-state index contributed by atoms with van der Waals surface area (Å²) in [6.45, 7) is 3.99. The Morgan fingerprint density at radius 3 is 2.16 bits per heavy atom. The molecule has 2 aromatic rings. The molecule has 0 bridgehead atoms. The van der Waals surface area contributed by atoms with E-state index in [2.05, 4.69) is 22.0 Å². The first kappa shape index (κ1) is 13.8. The van der Waals surface area contributed by atoms with E-state index in [0.717, 1.165) is 26.9 Å². The highest BCUT2D eigenvalue weighted by Crippen LogP contribution is 2.26. The molecule has 0 radical (unpaired) electrons.